The highest BCUT2D eigenvalue weighted by Gasteiger charge is 2.56. The molecule has 2 heteroatoms. The zero-order valence-corrected chi connectivity index (χ0v) is 12.6. The number of rotatable bonds is 2. The molecule has 2 unspecified atom stereocenters. The minimum atomic E-state index is 0.327. The van der Waals surface area contributed by atoms with Crippen molar-refractivity contribution in [2.75, 3.05) is 6.54 Å². The van der Waals surface area contributed by atoms with Crippen LogP contribution in [0, 0.1) is 0 Å². The summed E-state index contributed by atoms with van der Waals surface area (Å²) in [6.45, 7) is 9.23. The van der Waals surface area contributed by atoms with Gasteiger partial charge in [0.05, 0.1) is 5.54 Å². The van der Waals surface area contributed by atoms with Gasteiger partial charge in [0.15, 0.2) is 0 Å². The second kappa shape index (κ2) is 3.98. The number of H-pyrrole nitrogens is 1. The Kier molecular flexibility index (Phi) is 2.43. The van der Waals surface area contributed by atoms with Crippen LogP contribution in [0.3, 0.4) is 0 Å². The van der Waals surface area contributed by atoms with Crippen LogP contribution in [0.2, 0.25) is 0 Å². The molecule has 0 spiro atoms. The van der Waals surface area contributed by atoms with Crippen LogP contribution in [0.4, 0.5) is 0 Å². The number of nitrogens with zero attached hydrogens (tertiary/aromatic N) is 1. The second-order valence-corrected chi connectivity index (χ2v) is 6.45. The third kappa shape index (κ3) is 1.49. The first kappa shape index (κ1) is 12.2. The predicted octanol–water partition coefficient (Wildman–Crippen LogP) is 4.02. The average molecular weight is 266 g/mol. The summed E-state index contributed by atoms with van der Waals surface area (Å²) in [5, 5.41) is 1.41. The van der Waals surface area contributed by atoms with Gasteiger partial charge >= 0.3 is 0 Å². The molecular weight excluding hydrogens is 244 g/mol. The molecule has 0 aliphatic carbocycles. The number of aromatic amines is 1. The van der Waals surface area contributed by atoms with Crippen LogP contribution < -0.4 is 0 Å². The Morgan fingerprint density at radius 2 is 2.10 bits per heavy atom. The lowest BCUT2D eigenvalue weighted by Crippen LogP contribution is -2.29. The molecule has 1 fully saturated rings. The predicted molar refractivity (Wildman–Crippen MR) is 83.8 cm³/mol. The van der Waals surface area contributed by atoms with E-state index in [1.165, 1.54) is 35.1 Å². The van der Waals surface area contributed by atoms with Gasteiger partial charge in [0, 0.05) is 36.1 Å². The fourth-order valence-corrected chi connectivity index (χ4v) is 3.88. The Morgan fingerprint density at radius 1 is 1.30 bits per heavy atom. The maximum Gasteiger partial charge on any atom is 0.0607 e. The summed E-state index contributed by atoms with van der Waals surface area (Å²) in [5.74, 6) is 0. The Balaban J connectivity index is 1.80. The zero-order chi connectivity index (χ0) is 13.9. The number of hydrogen-bond acceptors (Lipinski definition) is 1. The summed E-state index contributed by atoms with van der Waals surface area (Å²) in [6.07, 6.45) is 2.32. The molecule has 20 heavy (non-hydrogen) atoms. The van der Waals surface area contributed by atoms with Crippen molar-refractivity contribution in [3.05, 3.63) is 46.7 Å². The van der Waals surface area contributed by atoms with Crippen molar-refractivity contribution in [2.24, 2.45) is 0 Å². The Labute approximate surface area is 120 Å². The van der Waals surface area contributed by atoms with Gasteiger partial charge in [0.25, 0.3) is 0 Å². The van der Waals surface area contributed by atoms with Gasteiger partial charge in [-0.25, -0.2) is 0 Å². The first-order chi connectivity index (χ1) is 9.65. The molecule has 2 aliphatic rings. The molecule has 2 nitrogen and oxygen atoms in total. The molecule has 0 bridgehead atoms. The third-order valence-corrected chi connectivity index (χ3v) is 5.54. The molecule has 0 saturated carbocycles. The second-order valence-electron chi connectivity index (χ2n) is 6.45. The molecule has 1 aromatic carbocycles. The van der Waals surface area contributed by atoms with E-state index in [-0.39, 0.29) is 0 Å². The van der Waals surface area contributed by atoms with Crippen LogP contribution in [0.5, 0.6) is 0 Å². The van der Waals surface area contributed by atoms with Gasteiger partial charge in [-0.05, 0) is 31.9 Å². The van der Waals surface area contributed by atoms with Gasteiger partial charge in [0.1, 0.15) is 0 Å². The fourth-order valence-electron chi connectivity index (χ4n) is 3.88. The number of aromatic nitrogens is 1. The minimum Gasteiger partial charge on any atom is -0.358 e. The van der Waals surface area contributed by atoms with Crippen LogP contribution >= 0.6 is 0 Å². The molecule has 2 aliphatic heterocycles. The summed E-state index contributed by atoms with van der Waals surface area (Å²) < 4.78 is 0. The molecule has 4 rings (SSSR count). The molecule has 104 valence electrons. The summed E-state index contributed by atoms with van der Waals surface area (Å²) >= 11 is 0. The van der Waals surface area contributed by atoms with E-state index in [1.54, 1.807) is 11.1 Å². The highest BCUT2D eigenvalue weighted by molar-refractivity contribution is 5.85. The van der Waals surface area contributed by atoms with Crippen LogP contribution in [0.1, 0.15) is 38.4 Å². The zero-order valence-electron chi connectivity index (χ0n) is 12.6. The number of benzene rings is 1. The van der Waals surface area contributed by atoms with Gasteiger partial charge in [0.2, 0.25) is 0 Å². The molecule has 3 heterocycles. The van der Waals surface area contributed by atoms with Crippen molar-refractivity contribution in [3.63, 3.8) is 0 Å². The lowest BCUT2D eigenvalue weighted by atomic mass is 9.87. The standard InChI is InChI=1S/C18H22N2/c1-4-12(2)13(3)18-9-17-15(10-20(18)11-18)14-7-5-6-8-16(14)19-17/h5-8,19H,4,9-11H2,1-3H3/b13-12-. The Bertz CT molecular complexity index is 722. The fraction of sp³-hybridized carbons (Fsp3) is 0.444. The molecule has 1 N–H and O–H groups in total. The van der Waals surface area contributed by atoms with Crippen molar-refractivity contribution in [1.29, 1.82) is 0 Å². The van der Waals surface area contributed by atoms with Gasteiger partial charge in [-0.2, -0.15) is 0 Å². The molecule has 1 saturated heterocycles. The highest BCUT2D eigenvalue weighted by Crippen LogP contribution is 2.49. The number of para-hydroxylation sites is 1. The van der Waals surface area contributed by atoms with Gasteiger partial charge < -0.3 is 4.98 Å². The van der Waals surface area contributed by atoms with Crippen molar-refractivity contribution >= 4 is 10.9 Å². The van der Waals surface area contributed by atoms with Crippen molar-refractivity contribution < 1.29 is 0 Å². The van der Waals surface area contributed by atoms with E-state index < -0.39 is 0 Å². The van der Waals surface area contributed by atoms with Gasteiger partial charge in [-0.15, -0.1) is 0 Å². The summed E-state index contributed by atoms with van der Waals surface area (Å²) in [5.41, 5.74) is 7.77. The molecule has 2 aromatic rings. The normalized spacial score (nSPS) is 28.9. The number of allylic oxidation sites excluding steroid dienone is 1. The molecule has 1 aromatic heterocycles. The summed E-state index contributed by atoms with van der Waals surface area (Å²) in [4.78, 5) is 6.30. The van der Waals surface area contributed by atoms with Gasteiger partial charge in [-0.1, -0.05) is 36.3 Å². The van der Waals surface area contributed by atoms with Crippen LogP contribution in [-0.4, -0.2) is 22.0 Å². The molecular formula is C18H22N2. The van der Waals surface area contributed by atoms with E-state index in [9.17, 15) is 0 Å². The minimum absolute atomic E-state index is 0.327. The summed E-state index contributed by atoms with van der Waals surface area (Å²) in [6, 6.07) is 8.71. The first-order valence-corrected chi connectivity index (χ1v) is 7.66. The highest BCUT2D eigenvalue weighted by atomic mass is 15.4. The Hall–Kier alpha value is -1.54. The van der Waals surface area contributed by atoms with E-state index in [0.717, 1.165) is 13.0 Å². The smallest absolute Gasteiger partial charge is 0.0607 e. The SMILES string of the molecule is CC/C(C)=C(/C)C12Cc3[nH]c4ccccc4c3CN1C2. The topological polar surface area (TPSA) is 18.8 Å². The maximum absolute atomic E-state index is 3.66. The van der Waals surface area contributed by atoms with E-state index in [2.05, 4.69) is 54.9 Å². The largest absolute Gasteiger partial charge is 0.358 e. The maximum atomic E-state index is 3.66. The first-order valence-electron chi connectivity index (χ1n) is 7.66. The number of fused-ring (bicyclic) bond motifs is 4. The number of hydrogen-bond donors (Lipinski definition) is 1. The molecule has 2 atom stereocenters. The van der Waals surface area contributed by atoms with Crippen molar-refractivity contribution in [1.82, 2.24) is 9.88 Å². The quantitative estimate of drug-likeness (QED) is 0.642. The Morgan fingerprint density at radius 3 is 2.90 bits per heavy atom. The average Bonchev–Trinajstić information content (AvgIpc) is 3.09. The number of nitrogens with one attached hydrogen (secondary N) is 1. The van der Waals surface area contributed by atoms with E-state index >= 15 is 0 Å². The van der Waals surface area contributed by atoms with Crippen LogP contribution in [0.15, 0.2) is 35.4 Å². The molecule has 0 radical (unpaired) electrons. The van der Waals surface area contributed by atoms with Crippen molar-refractivity contribution in [2.45, 2.75) is 45.7 Å². The van der Waals surface area contributed by atoms with Crippen molar-refractivity contribution in [3.8, 4) is 0 Å². The molecule has 0 amide bonds. The van der Waals surface area contributed by atoms with E-state index in [1.807, 2.05) is 0 Å². The lowest BCUT2D eigenvalue weighted by molar-refractivity contribution is 0.404. The third-order valence-electron chi connectivity index (χ3n) is 5.54. The van der Waals surface area contributed by atoms with Crippen LogP contribution in [0.25, 0.3) is 10.9 Å². The summed E-state index contributed by atoms with van der Waals surface area (Å²) in [7, 11) is 0. The van der Waals surface area contributed by atoms with Crippen LogP contribution in [-0.2, 0) is 13.0 Å². The monoisotopic (exact) mass is 266 g/mol. The van der Waals surface area contributed by atoms with E-state index in [0.29, 0.717) is 5.54 Å². The lowest BCUT2D eigenvalue weighted by Gasteiger charge is -2.25. The van der Waals surface area contributed by atoms with E-state index in [4.69, 9.17) is 0 Å². The van der Waals surface area contributed by atoms with Gasteiger partial charge in [-0.3, -0.25) is 4.90 Å².